The van der Waals surface area contributed by atoms with E-state index in [1.807, 2.05) is 22.6 Å². The molecule has 1 heterocycles. The summed E-state index contributed by atoms with van der Waals surface area (Å²) in [5.74, 6) is -0.397. The zero-order valence-electron chi connectivity index (χ0n) is 10.8. The van der Waals surface area contributed by atoms with Crippen LogP contribution < -0.4 is 0 Å². The van der Waals surface area contributed by atoms with Crippen LogP contribution in [0.3, 0.4) is 0 Å². The lowest BCUT2D eigenvalue weighted by molar-refractivity contribution is 0.380. The number of hydrogen-bond donors (Lipinski definition) is 0. The molecule has 0 aliphatic carbocycles. The Morgan fingerprint density at radius 2 is 2.00 bits per heavy atom. The fourth-order valence-corrected chi connectivity index (χ4v) is 2.93. The molecule has 1 rings (SSSR count). The van der Waals surface area contributed by atoms with E-state index >= 15 is 0 Å². The lowest BCUT2D eigenvalue weighted by Gasteiger charge is -2.28. The molecule has 4 heteroatoms. The highest BCUT2D eigenvalue weighted by atomic mass is 127. The molecule has 0 saturated heterocycles. The van der Waals surface area contributed by atoms with Gasteiger partial charge in [0.05, 0.1) is 9.26 Å². The van der Waals surface area contributed by atoms with Crippen molar-refractivity contribution < 1.29 is 4.39 Å². The predicted molar refractivity (Wildman–Crippen MR) is 76.5 cm³/mol. The van der Waals surface area contributed by atoms with Crippen molar-refractivity contribution in [3.63, 3.8) is 0 Å². The number of unbranched alkanes of at least 4 members (excludes halogenated alkanes) is 2. The van der Waals surface area contributed by atoms with Crippen molar-refractivity contribution in [3.05, 3.63) is 21.5 Å². The Labute approximate surface area is 117 Å². The molecule has 17 heavy (non-hydrogen) atoms. The van der Waals surface area contributed by atoms with Gasteiger partial charge < -0.3 is 0 Å². The van der Waals surface area contributed by atoms with Crippen molar-refractivity contribution in [1.82, 2.24) is 9.97 Å². The summed E-state index contributed by atoms with van der Waals surface area (Å²) in [6, 6.07) is 0. The summed E-state index contributed by atoms with van der Waals surface area (Å²) in [6.07, 6.45) is 6.96. The average Bonchev–Trinajstić information content (AvgIpc) is 2.33. The highest BCUT2D eigenvalue weighted by Crippen LogP contribution is 2.34. The van der Waals surface area contributed by atoms with E-state index in [1.165, 1.54) is 25.6 Å². The summed E-state index contributed by atoms with van der Waals surface area (Å²) in [5, 5.41) is 0. The first-order valence-corrected chi connectivity index (χ1v) is 7.29. The van der Waals surface area contributed by atoms with E-state index < -0.39 is 5.95 Å². The molecule has 1 unspecified atom stereocenters. The number of rotatable bonds is 6. The van der Waals surface area contributed by atoms with Crippen molar-refractivity contribution in [2.24, 2.45) is 0 Å². The molecule has 0 saturated carbocycles. The average molecular weight is 350 g/mol. The molecule has 0 spiro atoms. The third-order valence-electron chi connectivity index (χ3n) is 3.43. The molecule has 0 aliphatic rings. The maximum atomic E-state index is 13.5. The summed E-state index contributed by atoms with van der Waals surface area (Å²) in [7, 11) is 0. The van der Waals surface area contributed by atoms with Gasteiger partial charge in [-0.25, -0.2) is 9.97 Å². The second-order valence-electron chi connectivity index (χ2n) is 4.70. The fourth-order valence-electron chi connectivity index (χ4n) is 2.00. The van der Waals surface area contributed by atoms with Crippen LogP contribution in [-0.2, 0) is 5.41 Å². The van der Waals surface area contributed by atoms with Gasteiger partial charge in [0.25, 0.3) is 0 Å². The quantitative estimate of drug-likeness (QED) is 0.430. The molecule has 0 bridgehead atoms. The minimum Gasteiger partial charge on any atom is -0.239 e. The van der Waals surface area contributed by atoms with Crippen LogP contribution in [0, 0.1) is 9.52 Å². The Balaban J connectivity index is 2.95. The SMILES string of the molecule is CCCCCC(C)(CC)c1ncnc(F)c1I. The van der Waals surface area contributed by atoms with Crippen LogP contribution in [0.4, 0.5) is 4.39 Å². The van der Waals surface area contributed by atoms with E-state index in [1.54, 1.807) is 0 Å². The molecule has 0 amide bonds. The summed E-state index contributed by atoms with van der Waals surface area (Å²) >= 11 is 2.01. The molecule has 0 radical (unpaired) electrons. The molecule has 0 fully saturated rings. The van der Waals surface area contributed by atoms with Gasteiger partial charge in [0.1, 0.15) is 6.33 Å². The Kier molecular flexibility index (Phi) is 5.76. The second kappa shape index (κ2) is 6.61. The van der Waals surface area contributed by atoms with Crippen LogP contribution in [0.2, 0.25) is 0 Å². The number of nitrogens with zero attached hydrogens (tertiary/aromatic N) is 2. The smallest absolute Gasteiger partial charge is 0.229 e. The minimum atomic E-state index is -0.397. The molecule has 0 aliphatic heterocycles. The van der Waals surface area contributed by atoms with Crippen molar-refractivity contribution in [2.75, 3.05) is 0 Å². The van der Waals surface area contributed by atoms with Gasteiger partial charge in [-0.3, -0.25) is 0 Å². The fraction of sp³-hybridized carbons (Fsp3) is 0.692. The molecule has 1 aromatic rings. The molecule has 0 N–H and O–H groups in total. The molecule has 2 nitrogen and oxygen atoms in total. The lowest BCUT2D eigenvalue weighted by Crippen LogP contribution is -2.24. The van der Waals surface area contributed by atoms with E-state index in [0.717, 1.165) is 18.5 Å². The lowest BCUT2D eigenvalue weighted by atomic mass is 9.79. The Hall–Kier alpha value is -0.260. The molecule has 96 valence electrons. The Morgan fingerprint density at radius 3 is 2.59 bits per heavy atom. The molecule has 1 atom stereocenters. The van der Waals surface area contributed by atoms with Crippen molar-refractivity contribution in [1.29, 1.82) is 0 Å². The van der Waals surface area contributed by atoms with E-state index in [2.05, 4.69) is 30.7 Å². The standard InChI is InChI=1S/C13H20FIN2/c1-4-6-7-8-13(3,5-2)11-10(15)12(14)17-9-16-11/h9H,4-8H2,1-3H3. The number of halogens is 2. The third-order valence-corrected chi connectivity index (χ3v) is 4.39. The van der Waals surface area contributed by atoms with Crippen LogP contribution in [0.5, 0.6) is 0 Å². The highest BCUT2D eigenvalue weighted by Gasteiger charge is 2.29. The van der Waals surface area contributed by atoms with Gasteiger partial charge in [-0.2, -0.15) is 4.39 Å². The predicted octanol–water partition coefficient (Wildman–Crippen LogP) is 4.47. The van der Waals surface area contributed by atoms with Gasteiger partial charge >= 0.3 is 0 Å². The number of hydrogen-bond acceptors (Lipinski definition) is 2. The van der Waals surface area contributed by atoms with Crippen molar-refractivity contribution in [2.45, 2.75) is 58.3 Å². The van der Waals surface area contributed by atoms with Gasteiger partial charge in [-0.1, -0.05) is 40.0 Å². The molecule has 1 aromatic heterocycles. The Morgan fingerprint density at radius 1 is 1.29 bits per heavy atom. The second-order valence-corrected chi connectivity index (χ2v) is 5.78. The van der Waals surface area contributed by atoms with Crippen LogP contribution in [0.25, 0.3) is 0 Å². The summed E-state index contributed by atoms with van der Waals surface area (Å²) in [4.78, 5) is 7.90. The normalized spacial score (nSPS) is 14.6. The van der Waals surface area contributed by atoms with Crippen LogP contribution in [-0.4, -0.2) is 9.97 Å². The van der Waals surface area contributed by atoms with E-state index in [4.69, 9.17) is 0 Å². The highest BCUT2D eigenvalue weighted by molar-refractivity contribution is 14.1. The zero-order chi connectivity index (χ0) is 12.9. The third kappa shape index (κ3) is 3.60. The van der Waals surface area contributed by atoms with E-state index in [9.17, 15) is 4.39 Å². The van der Waals surface area contributed by atoms with Gasteiger partial charge in [0.15, 0.2) is 0 Å². The van der Waals surface area contributed by atoms with Crippen molar-refractivity contribution >= 4 is 22.6 Å². The molecular formula is C13H20FIN2. The van der Waals surface area contributed by atoms with Gasteiger partial charge in [0, 0.05) is 5.41 Å². The van der Waals surface area contributed by atoms with Crippen LogP contribution >= 0.6 is 22.6 Å². The van der Waals surface area contributed by atoms with Crippen LogP contribution in [0.15, 0.2) is 6.33 Å². The van der Waals surface area contributed by atoms with E-state index in [-0.39, 0.29) is 5.41 Å². The summed E-state index contributed by atoms with van der Waals surface area (Å²) < 4.78 is 14.1. The van der Waals surface area contributed by atoms with Gasteiger partial charge in [-0.05, 0) is 35.4 Å². The largest absolute Gasteiger partial charge is 0.239 e. The van der Waals surface area contributed by atoms with Gasteiger partial charge in [-0.15, -0.1) is 0 Å². The van der Waals surface area contributed by atoms with Gasteiger partial charge in [0.2, 0.25) is 5.95 Å². The first-order valence-electron chi connectivity index (χ1n) is 6.21. The minimum absolute atomic E-state index is 0.0323. The first-order chi connectivity index (χ1) is 8.05. The number of aromatic nitrogens is 2. The summed E-state index contributed by atoms with van der Waals surface area (Å²) in [5.41, 5.74) is 0.833. The molecule has 0 aromatic carbocycles. The summed E-state index contributed by atoms with van der Waals surface area (Å²) in [6.45, 7) is 6.51. The van der Waals surface area contributed by atoms with E-state index in [0.29, 0.717) is 3.57 Å². The molecular weight excluding hydrogens is 330 g/mol. The van der Waals surface area contributed by atoms with Crippen molar-refractivity contribution in [3.8, 4) is 0 Å². The zero-order valence-corrected chi connectivity index (χ0v) is 12.9. The maximum Gasteiger partial charge on any atom is 0.229 e. The maximum absolute atomic E-state index is 13.5. The topological polar surface area (TPSA) is 25.8 Å². The monoisotopic (exact) mass is 350 g/mol. The first kappa shape index (κ1) is 14.8. The Bertz CT molecular complexity index is 370. The van der Waals surface area contributed by atoms with Crippen LogP contribution in [0.1, 0.15) is 58.6 Å².